The molecule has 1 saturated heterocycles. The highest BCUT2D eigenvalue weighted by atomic mass is 16.4. The lowest BCUT2D eigenvalue weighted by atomic mass is 9.91. The Kier molecular flexibility index (Phi) is 6.87. The van der Waals surface area contributed by atoms with Gasteiger partial charge in [0.2, 0.25) is 5.91 Å². The summed E-state index contributed by atoms with van der Waals surface area (Å²) in [4.78, 5) is 39.4. The van der Waals surface area contributed by atoms with E-state index in [1.54, 1.807) is 10.7 Å². The predicted molar refractivity (Wildman–Crippen MR) is 155 cm³/mol. The maximum Gasteiger partial charge on any atom is 0.343 e. The number of benzene rings is 1. The van der Waals surface area contributed by atoms with Gasteiger partial charge < -0.3 is 20.0 Å². The summed E-state index contributed by atoms with van der Waals surface area (Å²) in [5.74, 6) is 1.24. The fourth-order valence-corrected chi connectivity index (χ4v) is 6.15. The van der Waals surface area contributed by atoms with Crippen molar-refractivity contribution in [2.75, 3.05) is 39.0 Å². The minimum atomic E-state index is -0.441. The number of hydrogen-bond donors (Lipinski definition) is 1. The molecule has 4 aromatic rings. The molecule has 1 atom stereocenters. The van der Waals surface area contributed by atoms with Crippen LogP contribution in [0.1, 0.15) is 56.2 Å². The molecule has 1 fully saturated rings. The zero-order valence-electron chi connectivity index (χ0n) is 23.3. The molecule has 208 valence electrons. The molecule has 1 aromatic carbocycles. The largest absolute Gasteiger partial charge is 0.424 e. The number of carbonyl (C=O) groups is 1. The molecule has 40 heavy (non-hydrogen) atoms. The predicted octanol–water partition coefficient (Wildman–Crippen LogP) is 3.64. The number of aryl methyl sites for hydroxylation is 1. The Bertz CT molecular complexity index is 1680. The SMILES string of the molecule is CCc1nn(C(C)c2oc(=O)c3ccccc3c2C2=CCN(C(=O)C3CCN(C)CC3)CC2)c2ncnc(N)c12. The van der Waals surface area contributed by atoms with Gasteiger partial charge in [-0.15, -0.1) is 0 Å². The van der Waals surface area contributed by atoms with E-state index in [2.05, 4.69) is 28.0 Å². The molecule has 1 amide bonds. The highest BCUT2D eigenvalue weighted by Gasteiger charge is 2.31. The molecule has 1 unspecified atom stereocenters. The lowest BCUT2D eigenvalue weighted by Crippen LogP contribution is -2.43. The summed E-state index contributed by atoms with van der Waals surface area (Å²) in [6, 6.07) is 7.10. The molecular formula is C30H35N7O3. The van der Waals surface area contributed by atoms with Crippen molar-refractivity contribution in [1.82, 2.24) is 29.5 Å². The van der Waals surface area contributed by atoms with E-state index in [1.165, 1.54) is 6.33 Å². The van der Waals surface area contributed by atoms with E-state index in [0.717, 1.165) is 53.5 Å². The monoisotopic (exact) mass is 541 g/mol. The highest BCUT2D eigenvalue weighted by molar-refractivity contribution is 5.95. The molecule has 0 saturated carbocycles. The number of aromatic nitrogens is 4. The zero-order chi connectivity index (χ0) is 28.0. The number of piperidine rings is 1. The van der Waals surface area contributed by atoms with Gasteiger partial charge in [-0.2, -0.15) is 5.10 Å². The van der Waals surface area contributed by atoms with Gasteiger partial charge >= 0.3 is 5.63 Å². The molecule has 10 nitrogen and oxygen atoms in total. The van der Waals surface area contributed by atoms with E-state index in [9.17, 15) is 9.59 Å². The molecule has 10 heteroatoms. The summed E-state index contributed by atoms with van der Waals surface area (Å²) in [7, 11) is 2.11. The summed E-state index contributed by atoms with van der Waals surface area (Å²) in [5.41, 5.74) is 9.17. The van der Waals surface area contributed by atoms with Crippen LogP contribution in [0.15, 0.2) is 45.9 Å². The molecule has 0 spiro atoms. The summed E-state index contributed by atoms with van der Waals surface area (Å²) in [6.45, 7) is 7.05. The van der Waals surface area contributed by atoms with Gasteiger partial charge in [0.1, 0.15) is 23.9 Å². The molecule has 3 aromatic heterocycles. The summed E-state index contributed by atoms with van der Waals surface area (Å²) in [6.07, 6.45) is 6.69. The van der Waals surface area contributed by atoms with Crippen LogP contribution < -0.4 is 11.4 Å². The number of rotatable bonds is 5. The van der Waals surface area contributed by atoms with Gasteiger partial charge in [-0.25, -0.2) is 19.4 Å². The highest BCUT2D eigenvalue weighted by Crippen LogP contribution is 2.37. The van der Waals surface area contributed by atoms with Gasteiger partial charge in [0.05, 0.1) is 16.5 Å². The van der Waals surface area contributed by atoms with Crippen molar-refractivity contribution in [2.45, 2.75) is 45.6 Å². The maximum absolute atomic E-state index is 13.3. The van der Waals surface area contributed by atoms with Crippen LogP contribution in [-0.4, -0.2) is 68.7 Å². The smallest absolute Gasteiger partial charge is 0.343 e. The average Bonchev–Trinajstić information content (AvgIpc) is 3.37. The van der Waals surface area contributed by atoms with Gasteiger partial charge in [0.25, 0.3) is 0 Å². The van der Waals surface area contributed by atoms with Crippen molar-refractivity contribution < 1.29 is 9.21 Å². The second kappa shape index (κ2) is 10.5. The third-order valence-electron chi connectivity index (χ3n) is 8.45. The fourth-order valence-electron chi connectivity index (χ4n) is 6.15. The molecule has 2 aliphatic heterocycles. The Morgan fingerprint density at radius 1 is 1.15 bits per heavy atom. The van der Waals surface area contributed by atoms with Crippen LogP contribution in [0.5, 0.6) is 0 Å². The van der Waals surface area contributed by atoms with Crippen molar-refractivity contribution >= 4 is 39.1 Å². The van der Waals surface area contributed by atoms with E-state index in [-0.39, 0.29) is 11.8 Å². The van der Waals surface area contributed by atoms with Crippen molar-refractivity contribution in [3.8, 4) is 0 Å². The minimum Gasteiger partial charge on any atom is -0.424 e. The van der Waals surface area contributed by atoms with Crippen LogP contribution in [0.2, 0.25) is 0 Å². The summed E-state index contributed by atoms with van der Waals surface area (Å²) in [5, 5.41) is 6.92. The topological polar surface area (TPSA) is 123 Å². The van der Waals surface area contributed by atoms with E-state index >= 15 is 0 Å². The molecule has 2 aliphatic rings. The molecule has 0 bridgehead atoms. The molecular weight excluding hydrogens is 506 g/mol. The molecule has 0 aliphatic carbocycles. The summed E-state index contributed by atoms with van der Waals surface area (Å²) >= 11 is 0. The molecule has 0 radical (unpaired) electrons. The van der Waals surface area contributed by atoms with Crippen LogP contribution in [-0.2, 0) is 11.2 Å². The van der Waals surface area contributed by atoms with Gasteiger partial charge in [-0.3, -0.25) is 4.79 Å². The Morgan fingerprint density at radius 3 is 2.60 bits per heavy atom. The zero-order valence-corrected chi connectivity index (χ0v) is 23.3. The number of nitrogen functional groups attached to an aromatic ring is 1. The van der Waals surface area contributed by atoms with Crippen LogP contribution in [0, 0.1) is 5.92 Å². The lowest BCUT2D eigenvalue weighted by Gasteiger charge is -2.34. The van der Waals surface area contributed by atoms with Crippen molar-refractivity contribution in [1.29, 1.82) is 0 Å². The average molecular weight is 542 g/mol. The van der Waals surface area contributed by atoms with Crippen molar-refractivity contribution in [2.24, 2.45) is 5.92 Å². The third-order valence-corrected chi connectivity index (χ3v) is 8.45. The first kappa shape index (κ1) is 26.2. The first-order valence-corrected chi connectivity index (χ1v) is 14.1. The number of amides is 1. The fraction of sp³-hybridized carbons (Fsp3) is 0.433. The standard InChI is InChI=1S/C30H35N7O3/c1-4-23-25-27(31)32-17-33-28(25)37(34-23)18(2)26-24(21-7-5-6-8-22(21)30(39)40-26)19-11-15-36(16-12-19)29(38)20-9-13-35(3)14-10-20/h5-8,11,17-18,20H,4,9-10,12-16H2,1-3H3,(H2,31,32,33). The molecule has 6 rings (SSSR count). The third kappa shape index (κ3) is 4.46. The van der Waals surface area contributed by atoms with E-state index in [4.69, 9.17) is 15.2 Å². The second-order valence-corrected chi connectivity index (χ2v) is 10.9. The van der Waals surface area contributed by atoms with Gasteiger partial charge in [-0.05, 0) is 69.8 Å². The summed E-state index contributed by atoms with van der Waals surface area (Å²) < 4.78 is 7.86. The van der Waals surface area contributed by atoms with Crippen molar-refractivity contribution in [3.63, 3.8) is 0 Å². The number of likely N-dealkylation sites (tertiary alicyclic amines) is 1. The first-order valence-electron chi connectivity index (χ1n) is 14.1. The van der Waals surface area contributed by atoms with Gasteiger partial charge in [-0.1, -0.05) is 31.2 Å². The van der Waals surface area contributed by atoms with Crippen molar-refractivity contribution in [3.05, 3.63) is 64.1 Å². The van der Waals surface area contributed by atoms with E-state index < -0.39 is 11.7 Å². The van der Waals surface area contributed by atoms with Crippen LogP contribution in [0.4, 0.5) is 5.82 Å². The minimum absolute atomic E-state index is 0.0904. The number of nitrogens with zero attached hydrogens (tertiary/aromatic N) is 6. The lowest BCUT2D eigenvalue weighted by molar-refractivity contribution is -0.136. The van der Waals surface area contributed by atoms with Crippen LogP contribution in [0.25, 0.3) is 27.4 Å². The van der Waals surface area contributed by atoms with E-state index in [0.29, 0.717) is 48.5 Å². The maximum atomic E-state index is 13.3. The Labute approximate surface area is 232 Å². The number of nitrogens with two attached hydrogens (primary N) is 1. The molecule has 5 heterocycles. The first-order chi connectivity index (χ1) is 19.4. The normalized spacial score (nSPS) is 17.9. The number of hydrogen-bond acceptors (Lipinski definition) is 8. The van der Waals surface area contributed by atoms with Gasteiger partial charge in [0.15, 0.2) is 5.65 Å². The van der Waals surface area contributed by atoms with Gasteiger partial charge in [0, 0.05) is 24.6 Å². The van der Waals surface area contributed by atoms with E-state index in [1.807, 2.05) is 36.9 Å². The quantitative estimate of drug-likeness (QED) is 0.406. The second-order valence-electron chi connectivity index (χ2n) is 10.9. The number of fused-ring (bicyclic) bond motifs is 2. The number of anilines is 1. The Hall–Kier alpha value is -4.05. The molecule has 2 N–H and O–H groups in total. The van der Waals surface area contributed by atoms with Crippen LogP contribution >= 0.6 is 0 Å². The Balaban J connectivity index is 1.42. The van der Waals surface area contributed by atoms with Crippen LogP contribution in [0.3, 0.4) is 0 Å². The Morgan fingerprint density at radius 2 is 1.90 bits per heavy atom. The number of carbonyl (C=O) groups excluding carboxylic acids is 1.